The Labute approximate surface area is 121 Å². The van der Waals surface area contributed by atoms with Gasteiger partial charge < -0.3 is 9.84 Å². The van der Waals surface area contributed by atoms with Crippen molar-refractivity contribution in [1.82, 2.24) is 0 Å². The molecule has 1 saturated carbocycles. The second-order valence-corrected chi connectivity index (χ2v) is 8.29. The number of thioether (sulfide) groups is 1. The van der Waals surface area contributed by atoms with Crippen LogP contribution in [0.3, 0.4) is 0 Å². The minimum Gasteiger partial charge on any atom is -0.393 e. The third-order valence-corrected chi connectivity index (χ3v) is 6.62. The van der Waals surface area contributed by atoms with Crippen LogP contribution in [-0.2, 0) is 4.74 Å². The minimum atomic E-state index is -0.0692. The molecule has 1 aliphatic carbocycles. The molecule has 2 aliphatic heterocycles. The third kappa shape index (κ3) is 3.14. The summed E-state index contributed by atoms with van der Waals surface area (Å²) < 4.78 is 6.15. The smallest absolute Gasteiger partial charge is 0.0701 e. The van der Waals surface area contributed by atoms with Gasteiger partial charge in [0, 0.05) is 6.61 Å². The monoisotopic (exact) mass is 284 g/mol. The Morgan fingerprint density at radius 3 is 2.63 bits per heavy atom. The summed E-state index contributed by atoms with van der Waals surface area (Å²) in [6.07, 6.45) is 8.29. The Hall–Kier alpha value is 0.270. The normalized spacial score (nSPS) is 40.4. The molecule has 1 N–H and O–H groups in total. The second-order valence-electron chi connectivity index (χ2n) is 7.07. The highest BCUT2D eigenvalue weighted by molar-refractivity contribution is 7.99. The average Bonchev–Trinajstić information content (AvgIpc) is 2.85. The van der Waals surface area contributed by atoms with Crippen molar-refractivity contribution in [3.8, 4) is 0 Å². The zero-order chi connectivity index (χ0) is 13.3. The summed E-state index contributed by atoms with van der Waals surface area (Å²) in [5.41, 5.74) is 0.124. The molecule has 4 atom stereocenters. The zero-order valence-electron chi connectivity index (χ0n) is 12.1. The number of ether oxygens (including phenoxy) is 1. The summed E-state index contributed by atoms with van der Waals surface area (Å²) in [5, 5.41) is 10.7. The van der Waals surface area contributed by atoms with E-state index in [0.29, 0.717) is 11.8 Å². The first-order valence-electron chi connectivity index (χ1n) is 8.08. The molecule has 2 saturated heterocycles. The van der Waals surface area contributed by atoms with Crippen LogP contribution in [-0.4, -0.2) is 34.9 Å². The van der Waals surface area contributed by atoms with Crippen molar-refractivity contribution >= 4 is 11.8 Å². The van der Waals surface area contributed by atoms with Crippen molar-refractivity contribution in [2.75, 3.05) is 18.1 Å². The summed E-state index contributed by atoms with van der Waals surface area (Å²) in [5.74, 6) is 4.35. The second kappa shape index (κ2) is 5.95. The molecular weight excluding hydrogens is 256 g/mol. The lowest BCUT2D eigenvalue weighted by molar-refractivity contribution is -0.127. The van der Waals surface area contributed by atoms with E-state index in [1.165, 1.54) is 43.6 Å². The van der Waals surface area contributed by atoms with E-state index in [-0.39, 0.29) is 11.7 Å². The van der Waals surface area contributed by atoms with Crippen LogP contribution in [0.15, 0.2) is 0 Å². The fourth-order valence-corrected chi connectivity index (χ4v) is 5.63. The first kappa shape index (κ1) is 14.2. The van der Waals surface area contributed by atoms with Crippen LogP contribution < -0.4 is 0 Å². The molecule has 2 nitrogen and oxygen atoms in total. The van der Waals surface area contributed by atoms with Crippen molar-refractivity contribution < 1.29 is 9.84 Å². The molecule has 110 valence electrons. The van der Waals surface area contributed by atoms with E-state index >= 15 is 0 Å². The lowest BCUT2D eigenvalue weighted by Crippen LogP contribution is -2.46. The Kier molecular flexibility index (Phi) is 4.45. The maximum Gasteiger partial charge on any atom is 0.0701 e. The topological polar surface area (TPSA) is 29.5 Å². The van der Waals surface area contributed by atoms with E-state index in [1.54, 1.807) is 0 Å². The summed E-state index contributed by atoms with van der Waals surface area (Å²) in [6, 6.07) is 0. The molecule has 3 rings (SSSR count). The summed E-state index contributed by atoms with van der Waals surface area (Å²) >= 11 is 2.06. The van der Waals surface area contributed by atoms with Gasteiger partial charge in [0.15, 0.2) is 0 Å². The van der Waals surface area contributed by atoms with Crippen LogP contribution in [0.1, 0.15) is 51.9 Å². The summed E-state index contributed by atoms with van der Waals surface area (Å²) in [6.45, 7) is 3.20. The molecule has 1 spiro atoms. The van der Waals surface area contributed by atoms with Gasteiger partial charge >= 0.3 is 0 Å². The third-order valence-electron chi connectivity index (χ3n) is 5.64. The van der Waals surface area contributed by atoms with Gasteiger partial charge in [-0.3, -0.25) is 0 Å². The van der Waals surface area contributed by atoms with E-state index in [0.717, 1.165) is 25.4 Å². The Morgan fingerprint density at radius 1 is 1.16 bits per heavy atom. The molecule has 3 aliphatic rings. The van der Waals surface area contributed by atoms with Gasteiger partial charge in [0.05, 0.1) is 11.7 Å². The van der Waals surface area contributed by atoms with Crippen LogP contribution in [0.4, 0.5) is 0 Å². The standard InChI is InChI=1S/C16H28O2S/c1-12-2-3-13(10-12)15(17)14-4-7-18-16(11-14)5-8-19-9-6-16/h12-15,17H,2-11H2,1H3. The predicted molar refractivity (Wildman–Crippen MR) is 80.5 cm³/mol. The van der Waals surface area contributed by atoms with Crippen molar-refractivity contribution in [3.63, 3.8) is 0 Å². The van der Waals surface area contributed by atoms with Crippen molar-refractivity contribution in [1.29, 1.82) is 0 Å². The maximum absolute atomic E-state index is 10.7. The zero-order valence-corrected chi connectivity index (χ0v) is 13.0. The van der Waals surface area contributed by atoms with E-state index < -0.39 is 0 Å². The molecule has 0 radical (unpaired) electrons. The quantitative estimate of drug-likeness (QED) is 0.842. The molecule has 2 heterocycles. The van der Waals surface area contributed by atoms with Crippen LogP contribution in [0.25, 0.3) is 0 Å². The Morgan fingerprint density at radius 2 is 1.95 bits per heavy atom. The van der Waals surface area contributed by atoms with Crippen LogP contribution in [0.2, 0.25) is 0 Å². The van der Waals surface area contributed by atoms with Gasteiger partial charge in [-0.15, -0.1) is 0 Å². The number of rotatable bonds is 2. The highest BCUT2D eigenvalue weighted by Gasteiger charge is 2.43. The number of hydrogen-bond acceptors (Lipinski definition) is 3. The molecule has 0 aromatic rings. The number of hydrogen-bond donors (Lipinski definition) is 1. The Bertz CT molecular complexity index is 296. The molecule has 0 aromatic heterocycles. The highest BCUT2D eigenvalue weighted by Crippen LogP contribution is 2.44. The fraction of sp³-hybridized carbons (Fsp3) is 1.00. The van der Waals surface area contributed by atoms with Crippen molar-refractivity contribution in [3.05, 3.63) is 0 Å². The Balaban J connectivity index is 1.61. The molecule has 0 bridgehead atoms. The molecule has 19 heavy (non-hydrogen) atoms. The van der Waals surface area contributed by atoms with Gasteiger partial charge in [0.1, 0.15) is 0 Å². The van der Waals surface area contributed by atoms with Crippen molar-refractivity contribution in [2.45, 2.75) is 63.6 Å². The number of aliphatic hydroxyl groups excluding tert-OH is 1. The van der Waals surface area contributed by atoms with Crippen LogP contribution >= 0.6 is 11.8 Å². The molecule has 4 unspecified atom stereocenters. The molecule has 0 amide bonds. The van der Waals surface area contributed by atoms with Crippen LogP contribution in [0.5, 0.6) is 0 Å². The van der Waals surface area contributed by atoms with Gasteiger partial charge in [-0.2, -0.15) is 11.8 Å². The molecule has 3 heteroatoms. The molecule has 3 fully saturated rings. The first-order chi connectivity index (χ1) is 9.19. The number of aliphatic hydroxyl groups is 1. The molecular formula is C16H28O2S. The SMILES string of the molecule is CC1CCC(C(O)C2CCOC3(CCSCC3)C2)C1. The molecule has 0 aromatic carbocycles. The van der Waals surface area contributed by atoms with E-state index in [1.807, 2.05) is 0 Å². The summed E-state index contributed by atoms with van der Waals surface area (Å²) in [4.78, 5) is 0. The minimum absolute atomic E-state index is 0.0692. The summed E-state index contributed by atoms with van der Waals surface area (Å²) in [7, 11) is 0. The maximum atomic E-state index is 10.7. The average molecular weight is 284 g/mol. The van der Waals surface area contributed by atoms with Gasteiger partial charge in [-0.1, -0.05) is 13.3 Å². The largest absolute Gasteiger partial charge is 0.393 e. The van der Waals surface area contributed by atoms with E-state index in [4.69, 9.17) is 4.74 Å². The van der Waals surface area contributed by atoms with Crippen molar-refractivity contribution in [2.24, 2.45) is 17.8 Å². The van der Waals surface area contributed by atoms with Gasteiger partial charge in [0.25, 0.3) is 0 Å². The van der Waals surface area contributed by atoms with E-state index in [2.05, 4.69) is 18.7 Å². The lowest BCUT2D eigenvalue weighted by Gasteiger charge is -2.45. The van der Waals surface area contributed by atoms with Crippen LogP contribution in [0, 0.1) is 17.8 Å². The lowest BCUT2D eigenvalue weighted by atomic mass is 9.76. The first-order valence-corrected chi connectivity index (χ1v) is 9.24. The van der Waals surface area contributed by atoms with E-state index in [9.17, 15) is 5.11 Å². The predicted octanol–water partition coefficient (Wildman–Crippen LogP) is 3.48. The fourth-order valence-electron chi connectivity index (χ4n) is 4.40. The highest BCUT2D eigenvalue weighted by atomic mass is 32.2. The van der Waals surface area contributed by atoms with Gasteiger partial charge in [-0.05, 0) is 67.8 Å². The van der Waals surface area contributed by atoms with Gasteiger partial charge in [-0.25, -0.2) is 0 Å². The van der Waals surface area contributed by atoms with Gasteiger partial charge in [0.2, 0.25) is 0 Å².